The Bertz CT molecular complexity index is 179. The van der Waals surface area contributed by atoms with Gasteiger partial charge >= 0.3 is 0 Å². The minimum atomic E-state index is 0.0450. The summed E-state index contributed by atoms with van der Waals surface area (Å²) in [5.41, 5.74) is 6.20. The van der Waals surface area contributed by atoms with Gasteiger partial charge in [-0.1, -0.05) is 0 Å². The molecule has 90 valence electrons. The second-order valence-corrected chi connectivity index (χ2v) is 4.46. The smallest absolute Gasteiger partial charge is 0.0749 e. The Kier molecular flexibility index (Phi) is 4.95. The first-order valence-corrected chi connectivity index (χ1v) is 5.75. The van der Waals surface area contributed by atoms with E-state index in [0.717, 1.165) is 19.6 Å². The number of rotatable bonds is 4. The zero-order valence-corrected chi connectivity index (χ0v) is 10.2. The molecule has 0 aliphatic carbocycles. The van der Waals surface area contributed by atoms with E-state index in [1.165, 1.54) is 12.8 Å². The molecule has 1 fully saturated rings. The number of nitrogens with two attached hydrogens (primary N) is 2. The van der Waals surface area contributed by atoms with E-state index in [1.807, 2.05) is 19.0 Å². The molecule has 1 unspecified atom stereocenters. The fourth-order valence-corrected chi connectivity index (χ4v) is 2.07. The third-order valence-corrected chi connectivity index (χ3v) is 3.41. The standard InChI is InChI=1S/C10H25N5/c1-4-15(12)14(3)10(11)9-5-7-13(2)8-6-9/h9-10H,4-8,11-12H2,1-3H3. The highest BCUT2D eigenvalue weighted by Crippen LogP contribution is 2.20. The van der Waals surface area contributed by atoms with Crippen LogP contribution < -0.4 is 11.6 Å². The number of hydrazine groups is 2. The van der Waals surface area contributed by atoms with E-state index in [-0.39, 0.29) is 6.17 Å². The molecule has 0 radical (unpaired) electrons. The Morgan fingerprint density at radius 1 is 1.40 bits per heavy atom. The van der Waals surface area contributed by atoms with Crippen molar-refractivity contribution in [2.24, 2.45) is 17.5 Å². The van der Waals surface area contributed by atoms with E-state index in [1.54, 1.807) is 5.12 Å². The maximum absolute atomic E-state index is 6.20. The Labute approximate surface area is 92.9 Å². The average Bonchev–Trinajstić information content (AvgIpc) is 2.27. The first kappa shape index (κ1) is 12.9. The number of hydrogen-bond donors (Lipinski definition) is 2. The second kappa shape index (κ2) is 5.77. The van der Waals surface area contributed by atoms with E-state index in [4.69, 9.17) is 11.6 Å². The first-order chi connectivity index (χ1) is 7.06. The Balaban J connectivity index is 2.42. The zero-order chi connectivity index (χ0) is 11.4. The van der Waals surface area contributed by atoms with Gasteiger partial charge in [-0.15, -0.1) is 0 Å². The van der Waals surface area contributed by atoms with Crippen molar-refractivity contribution in [1.29, 1.82) is 0 Å². The molecule has 0 aromatic heterocycles. The van der Waals surface area contributed by atoms with Gasteiger partial charge in [0.1, 0.15) is 0 Å². The summed E-state index contributed by atoms with van der Waals surface area (Å²) in [5, 5.41) is 3.64. The summed E-state index contributed by atoms with van der Waals surface area (Å²) in [7, 11) is 4.12. The molecule has 1 saturated heterocycles. The van der Waals surface area contributed by atoms with Gasteiger partial charge in [0.25, 0.3) is 0 Å². The number of piperidine rings is 1. The number of likely N-dealkylation sites (tertiary alicyclic amines) is 1. The molecule has 0 amide bonds. The van der Waals surface area contributed by atoms with Gasteiger partial charge in [-0.2, -0.15) is 5.12 Å². The summed E-state index contributed by atoms with van der Waals surface area (Å²) in [5.74, 6) is 6.38. The Morgan fingerprint density at radius 3 is 2.40 bits per heavy atom. The van der Waals surface area contributed by atoms with Gasteiger partial charge < -0.3 is 10.6 Å². The van der Waals surface area contributed by atoms with Crippen molar-refractivity contribution in [1.82, 2.24) is 15.0 Å². The van der Waals surface area contributed by atoms with Crippen LogP contribution in [0.1, 0.15) is 19.8 Å². The topological polar surface area (TPSA) is 61.8 Å². The van der Waals surface area contributed by atoms with Gasteiger partial charge in [0.15, 0.2) is 0 Å². The first-order valence-electron chi connectivity index (χ1n) is 5.75. The van der Waals surface area contributed by atoms with Gasteiger partial charge in [-0.05, 0) is 45.8 Å². The summed E-state index contributed by atoms with van der Waals surface area (Å²) in [6, 6.07) is 0. The molecule has 5 nitrogen and oxygen atoms in total. The van der Waals surface area contributed by atoms with Crippen LogP contribution in [-0.4, -0.2) is 54.9 Å². The molecule has 1 aliphatic rings. The van der Waals surface area contributed by atoms with Crippen LogP contribution in [0.4, 0.5) is 0 Å². The SMILES string of the molecule is CCN(N)N(C)C(N)C1CCN(C)CC1. The monoisotopic (exact) mass is 215 g/mol. The van der Waals surface area contributed by atoms with Crippen LogP contribution in [0.3, 0.4) is 0 Å². The van der Waals surface area contributed by atoms with E-state index in [2.05, 4.69) is 11.9 Å². The molecule has 15 heavy (non-hydrogen) atoms. The fourth-order valence-electron chi connectivity index (χ4n) is 2.07. The van der Waals surface area contributed by atoms with Crippen LogP contribution in [0.25, 0.3) is 0 Å². The molecule has 0 spiro atoms. The highest BCUT2D eigenvalue weighted by Gasteiger charge is 2.26. The quantitative estimate of drug-likeness (QED) is 0.381. The summed E-state index contributed by atoms with van der Waals surface area (Å²) in [4.78, 5) is 2.35. The van der Waals surface area contributed by atoms with Gasteiger partial charge in [-0.3, -0.25) is 5.84 Å². The van der Waals surface area contributed by atoms with Crippen molar-refractivity contribution >= 4 is 0 Å². The van der Waals surface area contributed by atoms with Crippen LogP contribution >= 0.6 is 0 Å². The number of nitrogens with zero attached hydrogens (tertiary/aromatic N) is 3. The van der Waals surface area contributed by atoms with Crippen molar-refractivity contribution in [3.05, 3.63) is 0 Å². The lowest BCUT2D eigenvalue weighted by molar-refractivity contribution is -0.0600. The summed E-state index contributed by atoms with van der Waals surface area (Å²) in [6.07, 6.45) is 2.38. The van der Waals surface area contributed by atoms with Crippen molar-refractivity contribution < 1.29 is 0 Å². The van der Waals surface area contributed by atoms with Crippen LogP contribution in [0.5, 0.6) is 0 Å². The summed E-state index contributed by atoms with van der Waals surface area (Å²) >= 11 is 0. The summed E-state index contributed by atoms with van der Waals surface area (Å²) < 4.78 is 0. The maximum Gasteiger partial charge on any atom is 0.0749 e. The molecule has 0 aromatic carbocycles. The molecule has 4 N–H and O–H groups in total. The van der Waals surface area contributed by atoms with Crippen molar-refractivity contribution in [3.8, 4) is 0 Å². The minimum absolute atomic E-state index is 0.0450. The molecule has 1 aliphatic heterocycles. The van der Waals surface area contributed by atoms with Gasteiger partial charge in [0, 0.05) is 13.6 Å². The van der Waals surface area contributed by atoms with Crippen LogP contribution in [0, 0.1) is 5.92 Å². The predicted octanol–water partition coefficient (Wildman–Crippen LogP) is -0.345. The lowest BCUT2D eigenvalue weighted by Gasteiger charge is -2.39. The highest BCUT2D eigenvalue weighted by molar-refractivity contribution is 4.77. The molecule has 0 aromatic rings. The van der Waals surface area contributed by atoms with Crippen molar-refractivity contribution in [2.45, 2.75) is 25.9 Å². The third kappa shape index (κ3) is 3.39. The van der Waals surface area contributed by atoms with E-state index < -0.39 is 0 Å². The van der Waals surface area contributed by atoms with Gasteiger partial charge in [0.2, 0.25) is 0 Å². The largest absolute Gasteiger partial charge is 0.314 e. The fraction of sp³-hybridized carbons (Fsp3) is 1.00. The molecular formula is C10H25N5. The lowest BCUT2D eigenvalue weighted by Crippen LogP contribution is -2.57. The molecule has 1 rings (SSSR count). The van der Waals surface area contributed by atoms with Gasteiger partial charge in [-0.25, -0.2) is 5.01 Å². The van der Waals surface area contributed by atoms with Crippen LogP contribution in [0.2, 0.25) is 0 Å². The van der Waals surface area contributed by atoms with E-state index in [0.29, 0.717) is 5.92 Å². The molecule has 5 heteroatoms. The zero-order valence-electron chi connectivity index (χ0n) is 10.2. The van der Waals surface area contributed by atoms with Crippen molar-refractivity contribution in [2.75, 3.05) is 33.7 Å². The lowest BCUT2D eigenvalue weighted by atomic mass is 9.94. The minimum Gasteiger partial charge on any atom is -0.314 e. The van der Waals surface area contributed by atoms with E-state index in [9.17, 15) is 0 Å². The third-order valence-electron chi connectivity index (χ3n) is 3.41. The second-order valence-electron chi connectivity index (χ2n) is 4.46. The highest BCUT2D eigenvalue weighted by atomic mass is 15.8. The molecule has 0 bridgehead atoms. The average molecular weight is 215 g/mol. The predicted molar refractivity (Wildman–Crippen MR) is 62.5 cm³/mol. The Hall–Kier alpha value is -0.200. The van der Waals surface area contributed by atoms with Crippen LogP contribution in [0.15, 0.2) is 0 Å². The molecule has 1 atom stereocenters. The molecular weight excluding hydrogens is 190 g/mol. The maximum atomic E-state index is 6.20. The molecule has 1 heterocycles. The summed E-state index contributed by atoms with van der Waals surface area (Å²) in [6.45, 7) is 5.10. The normalized spacial score (nSPS) is 22.6. The number of hydrogen-bond acceptors (Lipinski definition) is 5. The molecule has 0 saturated carbocycles. The van der Waals surface area contributed by atoms with Crippen molar-refractivity contribution in [3.63, 3.8) is 0 Å². The van der Waals surface area contributed by atoms with Crippen LogP contribution in [-0.2, 0) is 0 Å². The Morgan fingerprint density at radius 2 is 1.93 bits per heavy atom. The van der Waals surface area contributed by atoms with Gasteiger partial charge in [0.05, 0.1) is 6.17 Å². The van der Waals surface area contributed by atoms with E-state index >= 15 is 0 Å².